The molecule has 0 fully saturated rings. The van der Waals surface area contributed by atoms with Crippen LogP contribution in [0.1, 0.15) is 24.8 Å². The molecule has 10 N–H and O–H groups in total. The molecule has 15 heteroatoms. The SMILES string of the molecule is CSCCC(N)C(=O)NC(CC(=O)O)C(=O)NC(CC(N)=O)C(=O)NC(Cc1ccc(O)cc1)C(=O)O. The summed E-state index contributed by atoms with van der Waals surface area (Å²) in [5, 5.41) is 34.6. The lowest BCUT2D eigenvalue weighted by molar-refractivity contribution is -0.143. The van der Waals surface area contributed by atoms with Crippen LogP contribution in [0.5, 0.6) is 5.75 Å². The molecule has 204 valence electrons. The van der Waals surface area contributed by atoms with E-state index in [9.17, 15) is 39.0 Å². The second-order valence-corrected chi connectivity index (χ2v) is 9.03. The Labute approximate surface area is 216 Å². The van der Waals surface area contributed by atoms with E-state index in [0.717, 1.165) is 0 Å². The lowest BCUT2D eigenvalue weighted by Crippen LogP contribution is -2.58. The molecule has 0 aromatic heterocycles. The Kier molecular flexibility index (Phi) is 12.9. The summed E-state index contributed by atoms with van der Waals surface area (Å²) >= 11 is 1.43. The number of carboxylic acid groups (broad SMARTS) is 2. The number of nitrogens with two attached hydrogens (primary N) is 2. The predicted octanol–water partition coefficient (Wildman–Crippen LogP) is -2.10. The minimum absolute atomic E-state index is 0.0443. The largest absolute Gasteiger partial charge is 0.508 e. The average molecular weight is 542 g/mol. The van der Waals surface area contributed by atoms with Crippen molar-refractivity contribution >= 4 is 47.3 Å². The third-order valence-electron chi connectivity index (χ3n) is 5.01. The number of aliphatic carboxylic acids is 2. The quantitative estimate of drug-likeness (QED) is 0.112. The Balaban J connectivity index is 3.01. The number of nitrogens with one attached hydrogen (secondary N) is 3. The summed E-state index contributed by atoms with van der Waals surface area (Å²) in [6.07, 6.45) is 0.290. The van der Waals surface area contributed by atoms with Gasteiger partial charge in [-0.2, -0.15) is 11.8 Å². The van der Waals surface area contributed by atoms with Gasteiger partial charge in [-0.3, -0.25) is 24.0 Å². The van der Waals surface area contributed by atoms with Crippen molar-refractivity contribution in [2.24, 2.45) is 11.5 Å². The molecule has 4 unspecified atom stereocenters. The van der Waals surface area contributed by atoms with Crippen LogP contribution in [0, 0.1) is 0 Å². The van der Waals surface area contributed by atoms with Crippen molar-refractivity contribution in [1.29, 1.82) is 0 Å². The van der Waals surface area contributed by atoms with E-state index < -0.39 is 72.6 Å². The van der Waals surface area contributed by atoms with E-state index >= 15 is 0 Å². The highest BCUT2D eigenvalue weighted by molar-refractivity contribution is 7.98. The number of carboxylic acids is 2. The minimum atomic E-state index is -1.66. The smallest absolute Gasteiger partial charge is 0.326 e. The van der Waals surface area contributed by atoms with Crippen molar-refractivity contribution in [3.05, 3.63) is 29.8 Å². The molecular formula is C22H31N5O9S. The van der Waals surface area contributed by atoms with E-state index in [4.69, 9.17) is 16.6 Å². The van der Waals surface area contributed by atoms with Gasteiger partial charge in [0.15, 0.2) is 0 Å². The van der Waals surface area contributed by atoms with Crippen molar-refractivity contribution in [2.75, 3.05) is 12.0 Å². The summed E-state index contributed by atoms with van der Waals surface area (Å²) in [6.45, 7) is 0. The molecule has 4 amide bonds. The molecule has 1 aromatic rings. The lowest BCUT2D eigenvalue weighted by Gasteiger charge is -2.24. The number of carbonyl (C=O) groups excluding carboxylic acids is 4. The Bertz CT molecular complexity index is 989. The van der Waals surface area contributed by atoms with Gasteiger partial charge in [0, 0.05) is 6.42 Å². The van der Waals surface area contributed by atoms with E-state index in [0.29, 0.717) is 11.3 Å². The number of thioether (sulfide) groups is 1. The van der Waals surface area contributed by atoms with Crippen molar-refractivity contribution in [3.8, 4) is 5.75 Å². The maximum Gasteiger partial charge on any atom is 0.326 e. The molecule has 0 saturated heterocycles. The Morgan fingerprint density at radius 2 is 1.38 bits per heavy atom. The number of hydrogen-bond acceptors (Lipinski definition) is 9. The van der Waals surface area contributed by atoms with Crippen LogP contribution in [0.3, 0.4) is 0 Å². The number of phenols is 1. The average Bonchev–Trinajstić information content (AvgIpc) is 2.81. The van der Waals surface area contributed by atoms with E-state index in [1.54, 1.807) is 6.26 Å². The van der Waals surface area contributed by atoms with Gasteiger partial charge in [-0.05, 0) is 36.1 Å². The first kappa shape index (κ1) is 31.2. The Morgan fingerprint density at radius 1 is 0.865 bits per heavy atom. The number of hydrogen-bond donors (Lipinski definition) is 8. The number of aromatic hydroxyl groups is 1. The molecule has 14 nitrogen and oxygen atoms in total. The number of phenolic OH excluding ortho intramolecular Hbond substituents is 1. The number of benzene rings is 1. The van der Waals surface area contributed by atoms with Crippen molar-refractivity contribution < 1.29 is 44.1 Å². The van der Waals surface area contributed by atoms with Gasteiger partial charge in [0.05, 0.1) is 18.9 Å². The van der Waals surface area contributed by atoms with Crippen LogP contribution in [0.2, 0.25) is 0 Å². The molecule has 0 spiro atoms. The first-order valence-electron chi connectivity index (χ1n) is 11.0. The highest BCUT2D eigenvalue weighted by Crippen LogP contribution is 2.12. The number of carbonyl (C=O) groups is 6. The molecule has 1 rings (SSSR count). The monoisotopic (exact) mass is 541 g/mol. The topological polar surface area (TPSA) is 251 Å². The summed E-state index contributed by atoms with van der Waals surface area (Å²) in [4.78, 5) is 72.4. The molecule has 0 heterocycles. The summed E-state index contributed by atoms with van der Waals surface area (Å²) in [7, 11) is 0. The van der Waals surface area contributed by atoms with Crippen molar-refractivity contribution in [2.45, 2.75) is 49.9 Å². The third kappa shape index (κ3) is 11.6. The van der Waals surface area contributed by atoms with Crippen LogP contribution in [0.4, 0.5) is 0 Å². The number of primary amides is 1. The molecule has 37 heavy (non-hydrogen) atoms. The van der Waals surface area contributed by atoms with E-state index in [1.165, 1.54) is 36.0 Å². The maximum atomic E-state index is 12.8. The van der Waals surface area contributed by atoms with Crippen LogP contribution >= 0.6 is 11.8 Å². The molecule has 0 saturated carbocycles. The summed E-state index contributed by atoms with van der Waals surface area (Å²) in [5.41, 5.74) is 11.4. The molecule has 0 bridgehead atoms. The zero-order valence-electron chi connectivity index (χ0n) is 20.0. The lowest BCUT2D eigenvalue weighted by atomic mass is 10.0. The van der Waals surface area contributed by atoms with Gasteiger partial charge in [-0.1, -0.05) is 12.1 Å². The van der Waals surface area contributed by atoms with Crippen molar-refractivity contribution in [1.82, 2.24) is 16.0 Å². The summed E-state index contributed by atoms with van der Waals surface area (Å²) in [6, 6.07) is -0.241. The van der Waals surface area contributed by atoms with Gasteiger partial charge in [0.1, 0.15) is 23.9 Å². The Hall–Kier alpha value is -3.85. The fourth-order valence-electron chi connectivity index (χ4n) is 3.06. The van der Waals surface area contributed by atoms with Crippen molar-refractivity contribution in [3.63, 3.8) is 0 Å². The van der Waals surface area contributed by atoms with Crippen LogP contribution < -0.4 is 27.4 Å². The van der Waals surface area contributed by atoms with Gasteiger partial charge in [-0.15, -0.1) is 0 Å². The first-order valence-corrected chi connectivity index (χ1v) is 12.4. The third-order valence-corrected chi connectivity index (χ3v) is 5.65. The van der Waals surface area contributed by atoms with Crippen LogP contribution in [-0.4, -0.2) is 87.1 Å². The fourth-order valence-corrected chi connectivity index (χ4v) is 3.55. The van der Waals surface area contributed by atoms with Gasteiger partial charge in [0.2, 0.25) is 23.6 Å². The molecule has 0 aliphatic rings. The maximum absolute atomic E-state index is 12.8. The fraction of sp³-hybridized carbons (Fsp3) is 0.455. The van der Waals surface area contributed by atoms with Crippen LogP contribution in [0.15, 0.2) is 24.3 Å². The second kappa shape index (κ2) is 15.3. The Morgan fingerprint density at radius 3 is 1.86 bits per heavy atom. The van der Waals surface area contributed by atoms with Gasteiger partial charge < -0.3 is 42.7 Å². The van der Waals surface area contributed by atoms with Gasteiger partial charge in [0.25, 0.3) is 0 Å². The number of rotatable bonds is 16. The van der Waals surface area contributed by atoms with Crippen LogP contribution in [0.25, 0.3) is 0 Å². The summed E-state index contributed by atoms with van der Waals surface area (Å²) < 4.78 is 0. The first-order chi connectivity index (χ1) is 17.3. The zero-order valence-corrected chi connectivity index (χ0v) is 20.8. The zero-order chi connectivity index (χ0) is 28.1. The molecule has 0 aliphatic carbocycles. The van der Waals surface area contributed by atoms with Gasteiger partial charge >= 0.3 is 11.9 Å². The highest BCUT2D eigenvalue weighted by atomic mass is 32.2. The summed E-state index contributed by atoms with van der Waals surface area (Å²) in [5.74, 6) is -6.34. The van der Waals surface area contributed by atoms with E-state index in [2.05, 4.69) is 16.0 Å². The number of amides is 4. The highest BCUT2D eigenvalue weighted by Gasteiger charge is 2.32. The second-order valence-electron chi connectivity index (χ2n) is 8.05. The molecule has 1 aromatic carbocycles. The normalized spacial score (nSPS) is 13.9. The van der Waals surface area contributed by atoms with Gasteiger partial charge in [-0.25, -0.2) is 4.79 Å². The van der Waals surface area contributed by atoms with E-state index in [-0.39, 0.29) is 18.6 Å². The van der Waals surface area contributed by atoms with E-state index in [1.807, 2.05) is 0 Å². The molecular weight excluding hydrogens is 510 g/mol. The van der Waals surface area contributed by atoms with Crippen LogP contribution in [-0.2, 0) is 35.2 Å². The predicted molar refractivity (Wildman–Crippen MR) is 132 cm³/mol. The standard InChI is InChI=1S/C22H31N5O9S/c1-37-7-6-13(23)19(32)25-15(10-18(30)31)21(34)26-14(9-17(24)29)20(33)27-16(22(35)36)8-11-2-4-12(28)5-3-11/h2-5,13-16,28H,6-10,23H2,1H3,(H2,24,29)(H,25,32)(H,26,34)(H,27,33)(H,30,31)(H,35,36). The minimum Gasteiger partial charge on any atom is -0.508 e. The molecule has 4 atom stereocenters. The molecule has 0 radical (unpaired) electrons. The molecule has 0 aliphatic heterocycles.